The highest BCUT2D eigenvalue weighted by Crippen LogP contribution is 2.51. The molecule has 5 heteroatoms. The molecule has 1 fully saturated rings. The lowest BCUT2D eigenvalue weighted by molar-refractivity contribution is -0.142. The summed E-state index contributed by atoms with van der Waals surface area (Å²) in [4.78, 5) is 24.3. The van der Waals surface area contributed by atoms with E-state index >= 15 is 0 Å². The molecule has 0 saturated heterocycles. The highest BCUT2D eigenvalue weighted by atomic mass is 16.5. The largest absolute Gasteiger partial charge is 0.489 e. The Balaban J connectivity index is 1.38. The van der Waals surface area contributed by atoms with E-state index in [0.717, 1.165) is 16.7 Å². The van der Waals surface area contributed by atoms with Gasteiger partial charge in [0, 0.05) is 12.0 Å². The second-order valence-corrected chi connectivity index (χ2v) is 7.61. The summed E-state index contributed by atoms with van der Waals surface area (Å²) < 4.78 is 5.81. The summed E-state index contributed by atoms with van der Waals surface area (Å²) in [7, 11) is 0. The normalized spacial score (nSPS) is 19.7. The summed E-state index contributed by atoms with van der Waals surface area (Å²) in [6, 6.07) is 26.7. The number of amides is 1. The molecule has 0 radical (unpaired) electrons. The van der Waals surface area contributed by atoms with Crippen molar-refractivity contribution < 1.29 is 19.4 Å². The van der Waals surface area contributed by atoms with Crippen LogP contribution < -0.4 is 10.1 Å². The van der Waals surface area contributed by atoms with E-state index in [1.165, 1.54) is 6.08 Å². The van der Waals surface area contributed by atoms with Crippen LogP contribution in [0.3, 0.4) is 0 Å². The van der Waals surface area contributed by atoms with Gasteiger partial charge in [-0.15, -0.1) is 0 Å². The lowest BCUT2D eigenvalue weighted by Crippen LogP contribution is -2.43. The quantitative estimate of drug-likeness (QED) is 0.537. The molecule has 1 amide bonds. The van der Waals surface area contributed by atoms with Crippen LogP contribution in [0.5, 0.6) is 5.75 Å². The highest BCUT2D eigenvalue weighted by molar-refractivity contribution is 5.98. The van der Waals surface area contributed by atoms with Gasteiger partial charge in [0.05, 0.1) is 0 Å². The topological polar surface area (TPSA) is 75.6 Å². The van der Waals surface area contributed by atoms with Crippen LogP contribution in [0.1, 0.15) is 29.0 Å². The Kier molecular flexibility index (Phi) is 5.85. The minimum Gasteiger partial charge on any atom is -0.489 e. The van der Waals surface area contributed by atoms with Crippen molar-refractivity contribution in [3.63, 3.8) is 0 Å². The zero-order valence-electron chi connectivity index (χ0n) is 16.9. The van der Waals surface area contributed by atoms with Crippen molar-refractivity contribution in [3.8, 4) is 5.75 Å². The highest BCUT2D eigenvalue weighted by Gasteiger charge is 2.62. The maximum absolute atomic E-state index is 12.5. The number of hydrogen-bond donors (Lipinski definition) is 2. The van der Waals surface area contributed by atoms with Crippen LogP contribution in [-0.4, -0.2) is 22.5 Å². The molecule has 0 heterocycles. The number of nitrogens with one attached hydrogen (secondary N) is 1. The van der Waals surface area contributed by atoms with Gasteiger partial charge in [-0.05, 0) is 41.3 Å². The molecule has 2 N–H and O–H groups in total. The van der Waals surface area contributed by atoms with Gasteiger partial charge in [-0.25, -0.2) is 4.79 Å². The van der Waals surface area contributed by atoms with Crippen molar-refractivity contribution in [2.45, 2.75) is 24.5 Å². The molecule has 3 aromatic rings. The number of carboxylic acids is 1. The van der Waals surface area contributed by atoms with E-state index in [2.05, 4.69) is 5.32 Å². The Morgan fingerprint density at radius 2 is 1.71 bits per heavy atom. The predicted octanol–water partition coefficient (Wildman–Crippen LogP) is 4.41. The predicted molar refractivity (Wildman–Crippen MR) is 119 cm³/mol. The number of ether oxygens (including phenoxy) is 1. The van der Waals surface area contributed by atoms with Gasteiger partial charge in [0.1, 0.15) is 17.9 Å². The van der Waals surface area contributed by atoms with Gasteiger partial charge >= 0.3 is 5.97 Å². The SMILES string of the molecule is O=C(/C=C/c1cccc(OCc2ccccc2)c1)NC1(C(=O)O)CC1c1ccccc1. The average Bonchev–Trinajstić information content (AvgIpc) is 3.53. The van der Waals surface area contributed by atoms with Gasteiger partial charge < -0.3 is 15.2 Å². The van der Waals surface area contributed by atoms with Crippen LogP contribution in [0.15, 0.2) is 91.0 Å². The fraction of sp³-hybridized carbons (Fsp3) is 0.154. The van der Waals surface area contributed by atoms with Crippen molar-refractivity contribution in [3.05, 3.63) is 108 Å². The van der Waals surface area contributed by atoms with Crippen LogP contribution >= 0.6 is 0 Å². The summed E-state index contributed by atoms with van der Waals surface area (Å²) in [5.41, 5.74) is 1.53. The van der Waals surface area contributed by atoms with E-state index in [1.807, 2.05) is 84.9 Å². The number of carbonyl (C=O) groups is 2. The number of carbonyl (C=O) groups excluding carboxylic acids is 1. The molecule has 1 aliphatic carbocycles. The van der Waals surface area contributed by atoms with Crippen LogP contribution in [0.25, 0.3) is 6.08 Å². The molecule has 2 unspecified atom stereocenters. The van der Waals surface area contributed by atoms with Crippen LogP contribution in [0.2, 0.25) is 0 Å². The first-order valence-electron chi connectivity index (χ1n) is 10.1. The Labute approximate surface area is 181 Å². The molecular formula is C26H23NO4. The Bertz CT molecular complexity index is 1090. The fourth-order valence-corrected chi connectivity index (χ4v) is 3.66. The van der Waals surface area contributed by atoms with E-state index in [-0.39, 0.29) is 5.92 Å². The van der Waals surface area contributed by atoms with Gasteiger partial charge in [0.2, 0.25) is 5.91 Å². The zero-order chi connectivity index (χ0) is 21.7. The molecule has 0 aliphatic heterocycles. The number of aliphatic carboxylic acids is 1. The minimum absolute atomic E-state index is 0.224. The first-order valence-corrected chi connectivity index (χ1v) is 10.1. The second-order valence-electron chi connectivity index (χ2n) is 7.61. The summed E-state index contributed by atoms with van der Waals surface area (Å²) in [5, 5.41) is 12.4. The molecule has 0 spiro atoms. The summed E-state index contributed by atoms with van der Waals surface area (Å²) >= 11 is 0. The molecule has 2 atom stereocenters. The maximum Gasteiger partial charge on any atom is 0.330 e. The molecule has 1 aliphatic rings. The summed E-state index contributed by atoms with van der Waals surface area (Å²) in [5.74, 6) is -0.978. The van der Waals surface area contributed by atoms with Crippen LogP contribution in [-0.2, 0) is 16.2 Å². The van der Waals surface area contributed by atoms with Crippen LogP contribution in [0, 0.1) is 0 Å². The number of hydrogen-bond acceptors (Lipinski definition) is 3. The maximum atomic E-state index is 12.5. The van der Waals surface area contributed by atoms with Crippen molar-refractivity contribution in [2.75, 3.05) is 0 Å². The Morgan fingerprint density at radius 3 is 2.42 bits per heavy atom. The van der Waals surface area contributed by atoms with Crippen molar-refractivity contribution in [1.29, 1.82) is 0 Å². The van der Waals surface area contributed by atoms with Gasteiger partial charge in [0.15, 0.2) is 0 Å². The van der Waals surface area contributed by atoms with E-state index in [1.54, 1.807) is 6.08 Å². The monoisotopic (exact) mass is 413 g/mol. The molecular weight excluding hydrogens is 390 g/mol. The van der Waals surface area contributed by atoms with E-state index in [4.69, 9.17) is 4.74 Å². The molecule has 0 aromatic heterocycles. The van der Waals surface area contributed by atoms with Crippen LogP contribution in [0.4, 0.5) is 0 Å². The molecule has 1 saturated carbocycles. The zero-order valence-corrected chi connectivity index (χ0v) is 16.9. The first-order chi connectivity index (χ1) is 15.1. The lowest BCUT2D eigenvalue weighted by atomic mass is 10.1. The standard InChI is InChI=1S/C26H23NO4/c28-24(27-26(25(29)30)17-23(26)21-11-5-2-6-12-21)15-14-19-10-7-13-22(16-19)31-18-20-8-3-1-4-9-20/h1-16,23H,17-18H2,(H,27,28)(H,29,30)/b15-14+. The molecule has 0 bridgehead atoms. The molecule has 156 valence electrons. The third-order valence-electron chi connectivity index (χ3n) is 5.42. The summed E-state index contributed by atoms with van der Waals surface area (Å²) in [6.45, 7) is 0.455. The van der Waals surface area contributed by atoms with E-state index < -0.39 is 17.4 Å². The van der Waals surface area contributed by atoms with Crippen molar-refractivity contribution in [2.24, 2.45) is 0 Å². The number of carboxylic acid groups (broad SMARTS) is 1. The van der Waals surface area contributed by atoms with Crippen molar-refractivity contribution in [1.82, 2.24) is 5.32 Å². The third kappa shape index (κ3) is 4.83. The van der Waals surface area contributed by atoms with Gasteiger partial charge in [-0.3, -0.25) is 4.79 Å². The number of benzene rings is 3. The van der Waals surface area contributed by atoms with Gasteiger partial charge in [-0.2, -0.15) is 0 Å². The van der Waals surface area contributed by atoms with Gasteiger partial charge in [0.25, 0.3) is 0 Å². The molecule has 5 nitrogen and oxygen atoms in total. The third-order valence-corrected chi connectivity index (χ3v) is 5.42. The molecule has 4 rings (SSSR count). The van der Waals surface area contributed by atoms with Gasteiger partial charge in [-0.1, -0.05) is 72.8 Å². The first kappa shape index (κ1) is 20.4. The lowest BCUT2D eigenvalue weighted by Gasteiger charge is -2.13. The van der Waals surface area contributed by atoms with E-state index in [0.29, 0.717) is 18.8 Å². The molecule has 3 aromatic carbocycles. The smallest absolute Gasteiger partial charge is 0.330 e. The van der Waals surface area contributed by atoms with Crippen molar-refractivity contribution >= 4 is 18.0 Å². The second kappa shape index (κ2) is 8.88. The average molecular weight is 413 g/mol. The Morgan fingerprint density at radius 1 is 1.00 bits per heavy atom. The fourth-order valence-electron chi connectivity index (χ4n) is 3.66. The van der Waals surface area contributed by atoms with E-state index in [9.17, 15) is 14.7 Å². The Hall–Kier alpha value is -3.86. The summed E-state index contributed by atoms with van der Waals surface area (Å²) in [6.07, 6.45) is 3.40. The minimum atomic E-state index is -1.25. The molecule has 31 heavy (non-hydrogen) atoms. The number of rotatable bonds is 8.